The fraction of sp³-hybridized carbons (Fsp3) is 1.00. The van der Waals surface area contributed by atoms with E-state index in [1.165, 1.54) is 0 Å². The molecule has 0 atom stereocenters. The van der Waals surface area contributed by atoms with E-state index in [1.807, 2.05) is 0 Å². The van der Waals surface area contributed by atoms with Crippen molar-refractivity contribution in [3.8, 4) is 0 Å². The zero-order chi connectivity index (χ0) is 20.3. The standard InChI is InChI=1S/2C8H19O2PS2.Zn/c2*1-3-5-7-9-11(12,13)10-8-6-4-2;/h2*3-8H2,1-2H3,(H,12,13);/q;;+2/p-2. The Morgan fingerprint density at radius 1 is 0.556 bits per heavy atom. The van der Waals surface area contributed by atoms with E-state index in [9.17, 15) is 0 Å². The van der Waals surface area contributed by atoms with Crippen LogP contribution in [0.25, 0.3) is 0 Å². The third kappa shape index (κ3) is 28.5. The van der Waals surface area contributed by atoms with Gasteiger partial charge in [-0.15, -0.1) is 0 Å². The molecule has 0 aliphatic heterocycles. The van der Waals surface area contributed by atoms with Crippen LogP contribution < -0.4 is 0 Å². The SMILES string of the molecule is CCCCOP(=S)([S-])OCCCC.CCCCOP(=S)([S-])OCCCC.[Zn+2]. The van der Waals surface area contributed by atoms with E-state index in [2.05, 4.69) is 27.7 Å². The molecule has 0 spiro atoms. The maximum atomic E-state index is 5.33. The quantitative estimate of drug-likeness (QED) is 0.0906. The van der Waals surface area contributed by atoms with Crippen LogP contribution in [0.3, 0.4) is 0 Å². The zero-order valence-electron chi connectivity index (χ0n) is 17.4. The second-order valence-electron chi connectivity index (χ2n) is 5.64. The Morgan fingerprint density at radius 3 is 0.889 bits per heavy atom. The fourth-order valence-corrected chi connectivity index (χ4v) is 4.71. The van der Waals surface area contributed by atoms with Gasteiger partial charge in [-0.05, 0) is 25.7 Å². The van der Waals surface area contributed by atoms with Crippen molar-refractivity contribution < 1.29 is 37.6 Å². The van der Waals surface area contributed by atoms with Crippen molar-refractivity contribution in [3.63, 3.8) is 0 Å². The van der Waals surface area contributed by atoms with Gasteiger partial charge in [0.2, 0.25) is 0 Å². The van der Waals surface area contributed by atoms with Crippen molar-refractivity contribution in [2.24, 2.45) is 0 Å². The number of hydrogen-bond acceptors (Lipinski definition) is 8. The van der Waals surface area contributed by atoms with Crippen LogP contribution in [-0.2, 0) is 85.7 Å². The van der Waals surface area contributed by atoms with Gasteiger partial charge in [0.25, 0.3) is 0 Å². The van der Waals surface area contributed by atoms with Gasteiger partial charge in [0.15, 0.2) is 0 Å². The van der Waals surface area contributed by atoms with Gasteiger partial charge in [-0.25, -0.2) is 0 Å². The van der Waals surface area contributed by atoms with Crippen LogP contribution in [0.1, 0.15) is 79.1 Å². The predicted molar refractivity (Wildman–Crippen MR) is 127 cm³/mol. The maximum absolute atomic E-state index is 5.33. The largest absolute Gasteiger partial charge is 2.00 e. The average molecular weight is 548 g/mol. The van der Waals surface area contributed by atoms with E-state index in [0.29, 0.717) is 26.4 Å². The molecule has 0 saturated carbocycles. The Balaban J connectivity index is -0.000000411. The summed E-state index contributed by atoms with van der Waals surface area (Å²) in [6, 6.07) is 0. The van der Waals surface area contributed by atoms with Crippen molar-refractivity contribution in [1.29, 1.82) is 0 Å². The molecule has 0 fully saturated rings. The molecule has 0 unspecified atom stereocenters. The normalized spacial score (nSPS) is 11.5. The monoisotopic (exact) mass is 546 g/mol. The first-order chi connectivity index (χ1) is 12.2. The summed E-state index contributed by atoms with van der Waals surface area (Å²) in [5.74, 6) is 0. The summed E-state index contributed by atoms with van der Waals surface area (Å²) in [5.41, 5.74) is -4.67. The number of rotatable bonds is 16. The second-order valence-corrected chi connectivity index (χ2v) is 15.6. The van der Waals surface area contributed by atoms with Crippen LogP contribution in [0.4, 0.5) is 0 Å². The van der Waals surface area contributed by atoms with Crippen molar-refractivity contribution in [1.82, 2.24) is 0 Å². The van der Waals surface area contributed by atoms with Crippen LogP contribution >= 0.6 is 11.4 Å². The van der Waals surface area contributed by atoms with Gasteiger partial charge >= 0.3 is 19.5 Å². The molecule has 27 heavy (non-hydrogen) atoms. The Bertz CT molecular complexity index is 343. The van der Waals surface area contributed by atoms with Gasteiger partial charge in [0, 0.05) is 0 Å². The van der Waals surface area contributed by atoms with E-state index in [1.54, 1.807) is 0 Å². The Kier molecular flexibility index (Phi) is 29.2. The van der Waals surface area contributed by atoms with Crippen LogP contribution in [0, 0.1) is 0 Å². The molecule has 11 heteroatoms. The molecular formula is C16H36O4P2S4Zn. The molecule has 0 amide bonds. The molecule has 0 heterocycles. The Hall–Kier alpha value is 2.46. The van der Waals surface area contributed by atoms with E-state index in [-0.39, 0.29) is 19.5 Å². The molecule has 0 N–H and O–H groups in total. The second kappa shape index (κ2) is 23.1. The van der Waals surface area contributed by atoms with Gasteiger partial charge in [0.1, 0.15) is 0 Å². The fourth-order valence-electron chi connectivity index (χ4n) is 1.36. The molecular weight excluding hydrogens is 512 g/mol. The van der Waals surface area contributed by atoms with Crippen LogP contribution in [0.5, 0.6) is 0 Å². The number of hydrogen-bond donors (Lipinski definition) is 0. The summed E-state index contributed by atoms with van der Waals surface area (Å²) in [6.07, 6.45) is 8.41. The summed E-state index contributed by atoms with van der Waals surface area (Å²) in [7, 11) is 0. The number of unbranched alkanes of at least 4 members (excludes halogenated alkanes) is 4. The Morgan fingerprint density at radius 2 is 0.741 bits per heavy atom. The molecule has 160 valence electrons. The molecule has 0 aromatic carbocycles. The molecule has 0 aliphatic rings. The molecule has 0 aromatic rings. The van der Waals surface area contributed by atoms with Crippen LogP contribution in [-0.4, -0.2) is 26.4 Å². The smallest absolute Gasteiger partial charge is 0.691 e. The summed E-state index contributed by atoms with van der Waals surface area (Å²) in [6.45, 7) is 11.0. The van der Waals surface area contributed by atoms with Crippen molar-refractivity contribution in [3.05, 3.63) is 0 Å². The summed E-state index contributed by atoms with van der Waals surface area (Å²) < 4.78 is 21.3. The van der Waals surface area contributed by atoms with Crippen LogP contribution in [0.15, 0.2) is 0 Å². The molecule has 0 bridgehead atoms. The average Bonchev–Trinajstić information content (AvgIpc) is 2.56. The van der Waals surface area contributed by atoms with E-state index in [4.69, 9.17) is 66.2 Å². The third-order valence-corrected chi connectivity index (χ3v) is 7.51. The minimum atomic E-state index is -2.34. The molecule has 0 aromatic heterocycles. The minimum absolute atomic E-state index is 0. The van der Waals surface area contributed by atoms with Crippen LogP contribution in [0.2, 0.25) is 0 Å². The van der Waals surface area contributed by atoms with E-state index >= 15 is 0 Å². The van der Waals surface area contributed by atoms with Crippen molar-refractivity contribution >= 4 is 59.5 Å². The topological polar surface area (TPSA) is 36.9 Å². The summed E-state index contributed by atoms with van der Waals surface area (Å²) in [5, 5.41) is 0. The summed E-state index contributed by atoms with van der Waals surface area (Å²) >= 11 is 20.2. The van der Waals surface area contributed by atoms with E-state index in [0.717, 1.165) is 51.4 Å². The maximum Gasteiger partial charge on any atom is 2.00 e. The molecule has 4 nitrogen and oxygen atoms in total. The van der Waals surface area contributed by atoms with Crippen molar-refractivity contribution in [2.75, 3.05) is 26.4 Å². The first-order valence-electron chi connectivity index (χ1n) is 9.44. The van der Waals surface area contributed by atoms with Gasteiger partial charge in [-0.3, -0.25) is 0 Å². The Labute approximate surface area is 201 Å². The zero-order valence-corrected chi connectivity index (χ0v) is 25.4. The molecule has 0 saturated heterocycles. The third-order valence-electron chi connectivity index (χ3n) is 2.99. The van der Waals surface area contributed by atoms with Gasteiger partial charge < -0.3 is 42.6 Å². The first-order valence-corrected chi connectivity index (χ1v) is 16.7. The van der Waals surface area contributed by atoms with Gasteiger partial charge in [0.05, 0.1) is 37.8 Å². The van der Waals surface area contributed by atoms with Gasteiger partial charge in [-0.1, -0.05) is 77.0 Å². The molecule has 0 rings (SSSR count). The minimum Gasteiger partial charge on any atom is -0.691 e. The predicted octanol–water partition coefficient (Wildman–Crippen LogP) is 6.78. The van der Waals surface area contributed by atoms with Gasteiger partial charge in [-0.2, -0.15) is 0 Å². The molecule has 0 radical (unpaired) electrons. The van der Waals surface area contributed by atoms with E-state index < -0.39 is 11.4 Å². The first kappa shape index (κ1) is 34.1. The van der Waals surface area contributed by atoms with Crippen molar-refractivity contribution in [2.45, 2.75) is 79.1 Å². The summed E-state index contributed by atoms with van der Waals surface area (Å²) in [4.78, 5) is 0. The molecule has 0 aliphatic carbocycles.